The second-order valence-corrected chi connectivity index (χ2v) is 5.18. The van der Waals surface area contributed by atoms with E-state index in [1.807, 2.05) is 0 Å². The Morgan fingerprint density at radius 3 is 2.80 bits per heavy atom. The van der Waals surface area contributed by atoms with E-state index in [2.05, 4.69) is 47.4 Å². The van der Waals surface area contributed by atoms with Crippen molar-refractivity contribution in [2.75, 3.05) is 12.3 Å². The van der Waals surface area contributed by atoms with Gasteiger partial charge in [-0.2, -0.15) is 11.8 Å². The second kappa shape index (κ2) is 6.19. The van der Waals surface area contributed by atoms with Crippen LogP contribution in [0.15, 0.2) is 30.3 Å². The van der Waals surface area contributed by atoms with Gasteiger partial charge < -0.3 is 5.32 Å². The third-order valence-electron chi connectivity index (χ3n) is 2.84. The second-order valence-electron chi connectivity index (χ2n) is 4.15. The number of rotatable bonds is 4. The third kappa shape index (κ3) is 3.88. The molecule has 0 bridgehead atoms. The largest absolute Gasteiger partial charge is 0.313 e. The highest BCUT2D eigenvalue weighted by Crippen LogP contribution is 2.16. The Hall–Kier alpha value is -0.470. The average Bonchev–Trinajstić information content (AvgIpc) is 2.32. The van der Waals surface area contributed by atoms with E-state index in [0.29, 0.717) is 0 Å². The van der Waals surface area contributed by atoms with Crippen LogP contribution < -0.4 is 5.32 Å². The first-order chi connectivity index (χ1) is 7.45. The van der Waals surface area contributed by atoms with Crippen molar-refractivity contribution in [1.82, 2.24) is 5.32 Å². The maximum absolute atomic E-state index is 3.58. The van der Waals surface area contributed by atoms with Crippen LogP contribution in [0, 0.1) is 0 Å². The Morgan fingerprint density at radius 2 is 2.07 bits per heavy atom. The Labute approximate surface area is 96.7 Å². The summed E-state index contributed by atoms with van der Waals surface area (Å²) in [6, 6.07) is 11.5. The van der Waals surface area contributed by atoms with Gasteiger partial charge in [-0.15, -0.1) is 0 Å². The van der Waals surface area contributed by atoms with Gasteiger partial charge in [-0.3, -0.25) is 0 Å². The lowest BCUT2D eigenvalue weighted by atomic mass is 10.1. The molecular formula is C13H19NS. The van der Waals surface area contributed by atoms with Gasteiger partial charge >= 0.3 is 0 Å². The maximum atomic E-state index is 3.58. The summed E-state index contributed by atoms with van der Waals surface area (Å²) in [6.07, 6.45) is 4.13. The van der Waals surface area contributed by atoms with Crippen LogP contribution in [-0.2, 0) is 5.75 Å². The fraction of sp³-hybridized carbons (Fsp3) is 0.538. The molecule has 1 atom stereocenters. The molecule has 2 rings (SSSR count). The SMILES string of the molecule is c1ccc(CSC[C@@H]2CCCCN2)cc1. The van der Waals surface area contributed by atoms with E-state index in [-0.39, 0.29) is 0 Å². The lowest BCUT2D eigenvalue weighted by molar-refractivity contribution is 0.430. The molecule has 1 aliphatic heterocycles. The van der Waals surface area contributed by atoms with E-state index >= 15 is 0 Å². The molecule has 0 radical (unpaired) electrons. The van der Waals surface area contributed by atoms with Gasteiger partial charge in [-0.25, -0.2) is 0 Å². The number of nitrogens with one attached hydrogen (secondary N) is 1. The summed E-state index contributed by atoms with van der Waals surface area (Å²) in [6.45, 7) is 1.22. The van der Waals surface area contributed by atoms with Gasteiger partial charge in [0, 0.05) is 17.5 Å². The lowest BCUT2D eigenvalue weighted by Crippen LogP contribution is -2.35. The quantitative estimate of drug-likeness (QED) is 0.838. The van der Waals surface area contributed by atoms with Crippen LogP contribution in [0.2, 0.25) is 0 Å². The van der Waals surface area contributed by atoms with Crippen LogP contribution in [0.4, 0.5) is 0 Å². The van der Waals surface area contributed by atoms with Gasteiger partial charge in [0.2, 0.25) is 0 Å². The normalized spacial score (nSPS) is 21.5. The summed E-state index contributed by atoms with van der Waals surface area (Å²) >= 11 is 2.05. The summed E-state index contributed by atoms with van der Waals surface area (Å²) in [5, 5.41) is 3.58. The fourth-order valence-corrected chi connectivity index (χ4v) is 3.07. The Bertz CT molecular complexity index is 267. The lowest BCUT2D eigenvalue weighted by Gasteiger charge is -2.22. The smallest absolute Gasteiger partial charge is 0.0185 e. The fourth-order valence-electron chi connectivity index (χ4n) is 1.96. The minimum absolute atomic E-state index is 0.757. The van der Waals surface area contributed by atoms with Crippen molar-refractivity contribution in [3.63, 3.8) is 0 Å². The van der Waals surface area contributed by atoms with Gasteiger partial charge in [0.05, 0.1) is 0 Å². The topological polar surface area (TPSA) is 12.0 Å². The molecule has 1 aliphatic rings. The standard InChI is InChI=1S/C13H19NS/c1-2-6-12(7-3-1)10-15-11-13-8-4-5-9-14-13/h1-3,6-7,13-14H,4-5,8-11H2/t13-/m0/s1. The first kappa shape index (κ1) is 11.0. The first-order valence-corrected chi connectivity index (χ1v) is 6.96. The van der Waals surface area contributed by atoms with Gasteiger partial charge in [-0.05, 0) is 24.9 Å². The molecule has 0 spiro atoms. The molecule has 0 amide bonds. The molecule has 0 unspecified atom stereocenters. The number of piperidine rings is 1. The summed E-state index contributed by atoms with van der Waals surface area (Å²) in [5.41, 5.74) is 1.44. The monoisotopic (exact) mass is 221 g/mol. The van der Waals surface area contributed by atoms with Crippen LogP contribution in [0.1, 0.15) is 24.8 Å². The minimum atomic E-state index is 0.757. The Balaban J connectivity index is 1.66. The van der Waals surface area contributed by atoms with Crippen LogP contribution in [-0.4, -0.2) is 18.3 Å². The van der Waals surface area contributed by atoms with E-state index in [4.69, 9.17) is 0 Å². The molecule has 1 aromatic rings. The molecule has 1 aromatic carbocycles. The zero-order valence-electron chi connectivity index (χ0n) is 9.11. The predicted molar refractivity (Wildman–Crippen MR) is 68.2 cm³/mol. The molecule has 1 fully saturated rings. The van der Waals surface area contributed by atoms with Crippen molar-refractivity contribution in [3.05, 3.63) is 35.9 Å². The summed E-state index contributed by atoms with van der Waals surface area (Å²) in [4.78, 5) is 0. The maximum Gasteiger partial charge on any atom is 0.0185 e. The number of thioether (sulfide) groups is 1. The van der Waals surface area contributed by atoms with E-state index in [0.717, 1.165) is 11.8 Å². The van der Waals surface area contributed by atoms with Gasteiger partial charge in [0.25, 0.3) is 0 Å². The zero-order chi connectivity index (χ0) is 10.3. The Kier molecular flexibility index (Phi) is 4.55. The van der Waals surface area contributed by atoms with Crippen LogP contribution in [0.5, 0.6) is 0 Å². The summed E-state index contributed by atoms with van der Waals surface area (Å²) < 4.78 is 0. The van der Waals surface area contributed by atoms with Crippen molar-refractivity contribution in [2.24, 2.45) is 0 Å². The molecule has 2 heteroatoms. The van der Waals surface area contributed by atoms with Crippen molar-refractivity contribution in [3.8, 4) is 0 Å². The molecule has 1 saturated heterocycles. The third-order valence-corrected chi connectivity index (χ3v) is 4.02. The van der Waals surface area contributed by atoms with Crippen LogP contribution in [0.25, 0.3) is 0 Å². The molecule has 0 aliphatic carbocycles. The molecule has 1 nitrogen and oxygen atoms in total. The first-order valence-electron chi connectivity index (χ1n) is 5.80. The van der Waals surface area contributed by atoms with Gasteiger partial charge in [0.15, 0.2) is 0 Å². The Morgan fingerprint density at radius 1 is 1.20 bits per heavy atom. The molecule has 0 saturated carbocycles. The summed E-state index contributed by atoms with van der Waals surface area (Å²) in [5.74, 6) is 2.41. The zero-order valence-corrected chi connectivity index (χ0v) is 9.93. The molecule has 0 aromatic heterocycles. The van der Waals surface area contributed by atoms with Crippen molar-refractivity contribution >= 4 is 11.8 Å². The van der Waals surface area contributed by atoms with Crippen molar-refractivity contribution < 1.29 is 0 Å². The highest BCUT2D eigenvalue weighted by molar-refractivity contribution is 7.98. The van der Waals surface area contributed by atoms with Crippen LogP contribution >= 0.6 is 11.8 Å². The average molecular weight is 221 g/mol. The molecule has 1 N–H and O–H groups in total. The van der Waals surface area contributed by atoms with Crippen molar-refractivity contribution in [1.29, 1.82) is 0 Å². The summed E-state index contributed by atoms with van der Waals surface area (Å²) in [7, 11) is 0. The number of benzene rings is 1. The van der Waals surface area contributed by atoms with Crippen molar-refractivity contribution in [2.45, 2.75) is 31.1 Å². The molecular weight excluding hydrogens is 202 g/mol. The minimum Gasteiger partial charge on any atom is -0.313 e. The van der Waals surface area contributed by atoms with Gasteiger partial charge in [-0.1, -0.05) is 36.8 Å². The molecule has 82 valence electrons. The molecule has 1 heterocycles. The van der Waals surface area contributed by atoms with Gasteiger partial charge in [0.1, 0.15) is 0 Å². The predicted octanol–water partition coefficient (Wildman–Crippen LogP) is 3.06. The van der Waals surface area contributed by atoms with Crippen LogP contribution in [0.3, 0.4) is 0 Å². The highest BCUT2D eigenvalue weighted by atomic mass is 32.2. The van der Waals surface area contributed by atoms with E-state index in [9.17, 15) is 0 Å². The highest BCUT2D eigenvalue weighted by Gasteiger charge is 2.11. The number of hydrogen-bond donors (Lipinski definition) is 1. The van der Waals surface area contributed by atoms with E-state index < -0.39 is 0 Å². The van der Waals surface area contributed by atoms with E-state index in [1.54, 1.807) is 0 Å². The molecule has 15 heavy (non-hydrogen) atoms. The number of hydrogen-bond acceptors (Lipinski definition) is 2. The van der Waals surface area contributed by atoms with E-state index in [1.165, 1.54) is 37.1 Å².